The van der Waals surface area contributed by atoms with Crippen LogP contribution in [0.15, 0.2) is 18.2 Å². The van der Waals surface area contributed by atoms with E-state index in [4.69, 9.17) is 0 Å². The number of nitrogens with one attached hydrogen (secondary N) is 2. The molecule has 2 aliphatic heterocycles. The Morgan fingerprint density at radius 2 is 1.44 bits per heavy atom. The van der Waals surface area contributed by atoms with Gasteiger partial charge >= 0.3 is 0 Å². The van der Waals surface area contributed by atoms with Crippen LogP contribution in [0, 0.1) is 23.7 Å². The molecule has 2 N–H and O–H groups in total. The molecule has 4 bridgehead atoms. The molecule has 0 radical (unpaired) electrons. The van der Waals surface area contributed by atoms with Gasteiger partial charge in [0.25, 0.3) is 0 Å². The lowest BCUT2D eigenvalue weighted by molar-refractivity contribution is -0.0507. The molecule has 2 saturated heterocycles. The van der Waals surface area contributed by atoms with E-state index in [1.165, 1.54) is 82.6 Å². The van der Waals surface area contributed by atoms with E-state index in [2.05, 4.69) is 68.1 Å². The predicted octanol–water partition coefficient (Wildman–Crippen LogP) is 6.13. The van der Waals surface area contributed by atoms with Crippen molar-refractivity contribution in [3.63, 3.8) is 0 Å². The van der Waals surface area contributed by atoms with Crippen LogP contribution in [0.2, 0.25) is 0 Å². The fraction of sp³-hybridized carbons (Fsp3) is 0.800. The molecule has 2 heterocycles. The number of rotatable bonds is 5. The predicted molar refractivity (Wildman–Crippen MR) is 152 cm³/mol. The Labute approximate surface area is 213 Å². The summed E-state index contributed by atoms with van der Waals surface area (Å²) in [5, 5.41) is 8.04. The van der Waals surface area contributed by atoms with Gasteiger partial charge in [-0.25, -0.2) is 0 Å². The highest BCUT2D eigenvalue weighted by Crippen LogP contribution is 2.65. The summed E-state index contributed by atoms with van der Waals surface area (Å²) in [6.45, 7) is 9.53. The Morgan fingerprint density at radius 3 is 1.88 bits per heavy atom. The van der Waals surface area contributed by atoms with Gasteiger partial charge in [-0.2, -0.15) is 0 Å². The zero-order valence-electron chi connectivity index (χ0n) is 21.8. The van der Waals surface area contributed by atoms with Crippen molar-refractivity contribution in [2.24, 2.45) is 23.7 Å². The molecule has 4 atom stereocenters. The highest BCUT2D eigenvalue weighted by atomic mass is 31.0. The van der Waals surface area contributed by atoms with E-state index in [9.17, 15) is 0 Å². The van der Waals surface area contributed by atoms with Gasteiger partial charge in [0.15, 0.2) is 0 Å². The molecule has 4 aliphatic carbocycles. The van der Waals surface area contributed by atoms with Crippen LogP contribution in [0.25, 0.3) is 0 Å². The summed E-state index contributed by atoms with van der Waals surface area (Å²) in [4.78, 5) is 0. The van der Waals surface area contributed by atoms with Crippen molar-refractivity contribution in [3.8, 4) is 0 Å². The van der Waals surface area contributed by atoms with Gasteiger partial charge in [-0.05, 0) is 123 Å². The average Bonchev–Trinajstić information content (AvgIpc) is 3.53. The smallest absolute Gasteiger partial charge is 0.0405 e. The lowest BCUT2D eigenvalue weighted by atomic mass is 9.43. The first-order valence-electron chi connectivity index (χ1n) is 14.4. The Bertz CT molecular complexity index is 863. The van der Waals surface area contributed by atoms with Crippen LogP contribution >= 0.6 is 18.5 Å². The molecule has 1 aromatic rings. The summed E-state index contributed by atoms with van der Waals surface area (Å²) in [6, 6.07) is 8.93. The number of hydrogen-bond acceptors (Lipinski definition) is 2. The van der Waals surface area contributed by atoms with Crippen molar-refractivity contribution >= 4 is 18.5 Å². The summed E-state index contributed by atoms with van der Waals surface area (Å²) >= 11 is 0. The highest BCUT2D eigenvalue weighted by Gasteiger charge is 2.59. The largest absolute Gasteiger partial charge is 0.313 e. The molecule has 4 saturated carbocycles. The fourth-order valence-electron chi connectivity index (χ4n) is 9.49. The molecular weight excluding hydrogens is 450 g/mol. The maximum atomic E-state index is 3.99. The molecule has 0 spiro atoms. The summed E-state index contributed by atoms with van der Waals surface area (Å²) < 4.78 is 0. The van der Waals surface area contributed by atoms with Crippen LogP contribution in [0.3, 0.4) is 0 Å². The summed E-state index contributed by atoms with van der Waals surface area (Å²) in [6.07, 6.45) is 13.9. The van der Waals surface area contributed by atoms with Gasteiger partial charge in [-0.1, -0.05) is 39.0 Å². The van der Waals surface area contributed by atoms with E-state index in [-0.39, 0.29) is 10.6 Å². The maximum absolute atomic E-state index is 3.99. The monoisotopic (exact) mass is 498 g/mol. The zero-order valence-corrected chi connectivity index (χ0v) is 24.1. The molecule has 188 valence electrons. The van der Waals surface area contributed by atoms with Gasteiger partial charge in [0.2, 0.25) is 0 Å². The number of hydrogen-bond donors (Lipinski definition) is 2. The maximum Gasteiger partial charge on any atom is 0.0405 e. The lowest BCUT2D eigenvalue weighted by Gasteiger charge is -2.62. The summed E-state index contributed by atoms with van der Waals surface area (Å²) in [5.74, 6) is 3.78. The van der Waals surface area contributed by atoms with Crippen LogP contribution in [0.1, 0.15) is 95.2 Å². The average molecular weight is 499 g/mol. The van der Waals surface area contributed by atoms with Crippen LogP contribution in [-0.2, 0) is 16.0 Å². The second kappa shape index (κ2) is 8.79. The van der Waals surface area contributed by atoms with Gasteiger partial charge in [0.1, 0.15) is 0 Å². The van der Waals surface area contributed by atoms with Crippen molar-refractivity contribution in [1.29, 1.82) is 0 Å². The van der Waals surface area contributed by atoms with Crippen molar-refractivity contribution in [2.75, 3.05) is 19.3 Å². The molecule has 0 aromatic heterocycles. The quantitative estimate of drug-likeness (QED) is 0.478. The second-order valence-electron chi connectivity index (χ2n) is 13.8. The summed E-state index contributed by atoms with van der Waals surface area (Å²) in [5.41, 5.74) is 5.45. The molecule has 6 aliphatic rings. The van der Waals surface area contributed by atoms with Crippen LogP contribution in [0.5, 0.6) is 0 Å². The van der Waals surface area contributed by atoms with Gasteiger partial charge in [0, 0.05) is 22.7 Å². The Morgan fingerprint density at radius 1 is 0.882 bits per heavy atom. The molecule has 7 rings (SSSR count). The third kappa shape index (κ3) is 3.63. The Kier molecular flexibility index (Phi) is 6.29. The van der Waals surface area contributed by atoms with E-state index >= 15 is 0 Å². The molecular formula is C30H48N2P2. The minimum atomic E-state index is 0.0606. The third-order valence-corrected chi connectivity index (χ3v) is 12.9. The SMILES string of the molecule is CC(C)(C)c1ccc(C2(CP)C3CC4CC(C3)CC2C4)c(C(P)(C2CCCN2)C2CCCN2)c1. The number of benzene rings is 1. The normalized spacial score (nSPS) is 41.2. The lowest BCUT2D eigenvalue weighted by Crippen LogP contribution is -2.59. The van der Waals surface area contributed by atoms with Crippen LogP contribution < -0.4 is 10.6 Å². The molecule has 4 heteroatoms. The molecule has 4 unspecified atom stereocenters. The molecule has 2 nitrogen and oxygen atoms in total. The zero-order chi connectivity index (χ0) is 23.7. The van der Waals surface area contributed by atoms with E-state index in [0.717, 1.165) is 23.7 Å². The van der Waals surface area contributed by atoms with Crippen molar-refractivity contribution in [3.05, 3.63) is 34.9 Å². The topological polar surface area (TPSA) is 24.1 Å². The van der Waals surface area contributed by atoms with Gasteiger partial charge in [0.05, 0.1) is 0 Å². The molecule has 0 amide bonds. The first-order chi connectivity index (χ1) is 16.3. The molecule has 34 heavy (non-hydrogen) atoms. The van der Waals surface area contributed by atoms with E-state index in [1.807, 2.05) is 0 Å². The van der Waals surface area contributed by atoms with Crippen LogP contribution in [0.4, 0.5) is 0 Å². The van der Waals surface area contributed by atoms with Gasteiger partial charge < -0.3 is 10.6 Å². The van der Waals surface area contributed by atoms with Crippen molar-refractivity contribution in [1.82, 2.24) is 10.6 Å². The van der Waals surface area contributed by atoms with E-state index in [1.54, 1.807) is 11.1 Å². The fourth-order valence-corrected chi connectivity index (χ4v) is 11.2. The third-order valence-electron chi connectivity index (χ3n) is 11.1. The molecule has 6 fully saturated rings. The minimum Gasteiger partial charge on any atom is -0.313 e. The van der Waals surface area contributed by atoms with E-state index in [0.29, 0.717) is 17.5 Å². The Hall–Kier alpha value is -0.0000000000000000555. The second-order valence-corrected chi connectivity index (χ2v) is 15.2. The van der Waals surface area contributed by atoms with Crippen molar-refractivity contribution < 1.29 is 0 Å². The summed E-state index contributed by atoms with van der Waals surface area (Å²) in [7, 11) is 6.78. The van der Waals surface area contributed by atoms with Gasteiger partial charge in [-0.3, -0.25) is 0 Å². The first-order valence-corrected chi connectivity index (χ1v) is 15.8. The minimum absolute atomic E-state index is 0.0606. The Balaban J connectivity index is 1.56. The van der Waals surface area contributed by atoms with Crippen molar-refractivity contribution in [2.45, 2.75) is 107 Å². The molecule has 1 aromatic carbocycles. The first kappa shape index (κ1) is 24.3. The standard InChI is InChI=1S/C30H48N2P2/c1-28(2,3)21-8-9-24(29(18-33)22-13-19-12-20(15-22)16-23(29)14-19)25(17-21)30(34,26-6-4-10-31-26)27-7-5-11-32-27/h8-9,17,19-20,22-23,26-27,31-32H,4-7,10-16,18,33-34H2,1-3H3. The van der Waals surface area contributed by atoms with E-state index < -0.39 is 0 Å². The van der Waals surface area contributed by atoms with Gasteiger partial charge in [-0.15, -0.1) is 18.5 Å². The van der Waals surface area contributed by atoms with Crippen LogP contribution in [-0.4, -0.2) is 31.3 Å². The highest BCUT2D eigenvalue weighted by molar-refractivity contribution is 7.18.